The number of Topliss-reactive ketones (excluding diaryl/α,β-unsaturated/α-hetero) is 1. The fraction of sp³-hybridized carbons (Fsp3) is 0.600. The Morgan fingerprint density at radius 2 is 2.21 bits per heavy atom. The molecular formula is C10H15N3O. The van der Waals surface area contributed by atoms with Gasteiger partial charge in [-0.1, -0.05) is 13.8 Å². The maximum absolute atomic E-state index is 11.8. The van der Waals surface area contributed by atoms with E-state index in [0.29, 0.717) is 18.7 Å². The van der Waals surface area contributed by atoms with Crippen LogP contribution in [0.5, 0.6) is 0 Å². The van der Waals surface area contributed by atoms with E-state index >= 15 is 0 Å². The molecule has 4 heteroatoms. The van der Waals surface area contributed by atoms with Crippen LogP contribution < -0.4 is 5.73 Å². The monoisotopic (exact) mass is 193 g/mol. The molecule has 0 unspecified atom stereocenters. The lowest BCUT2D eigenvalue weighted by molar-refractivity contribution is 0.0911. The normalized spacial score (nSPS) is 19.5. The van der Waals surface area contributed by atoms with Gasteiger partial charge in [-0.3, -0.25) is 9.89 Å². The number of carbonyl (C=O) groups excluding carboxylic acids is 1. The van der Waals surface area contributed by atoms with Gasteiger partial charge in [0.1, 0.15) is 0 Å². The molecular weight excluding hydrogens is 178 g/mol. The maximum atomic E-state index is 11.8. The molecule has 0 saturated carbocycles. The second kappa shape index (κ2) is 2.92. The van der Waals surface area contributed by atoms with E-state index in [2.05, 4.69) is 24.0 Å². The minimum absolute atomic E-state index is 0.0441. The lowest BCUT2D eigenvalue weighted by Crippen LogP contribution is -2.27. The smallest absolute Gasteiger partial charge is 0.167 e. The van der Waals surface area contributed by atoms with Crippen molar-refractivity contribution in [3.63, 3.8) is 0 Å². The molecule has 1 aromatic heterocycles. The Morgan fingerprint density at radius 3 is 2.86 bits per heavy atom. The molecule has 0 aromatic carbocycles. The summed E-state index contributed by atoms with van der Waals surface area (Å²) >= 11 is 0. The first-order valence-electron chi connectivity index (χ1n) is 4.83. The fourth-order valence-corrected chi connectivity index (χ4v) is 2.09. The Morgan fingerprint density at radius 1 is 1.50 bits per heavy atom. The lowest BCUT2D eigenvalue weighted by Gasteiger charge is -2.27. The molecule has 3 N–H and O–H groups in total. The first kappa shape index (κ1) is 9.40. The number of nitrogens with two attached hydrogens (primary N) is 1. The second-order valence-electron chi connectivity index (χ2n) is 4.67. The van der Waals surface area contributed by atoms with Gasteiger partial charge in [-0.05, 0) is 11.8 Å². The number of ketones is 1. The molecule has 0 atom stereocenters. The van der Waals surface area contributed by atoms with Crippen LogP contribution in [0.1, 0.15) is 42.0 Å². The van der Waals surface area contributed by atoms with E-state index in [9.17, 15) is 4.79 Å². The summed E-state index contributed by atoms with van der Waals surface area (Å²) in [6.07, 6.45) is 1.47. The van der Waals surface area contributed by atoms with Crippen LogP contribution in [0.2, 0.25) is 0 Å². The maximum Gasteiger partial charge on any atom is 0.167 e. The second-order valence-corrected chi connectivity index (χ2v) is 4.67. The Labute approximate surface area is 82.9 Å². The third kappa shape index (κ3) is 1.35. The molecule has 1 aliphatic carbocycles. The van der Waals surface area contributed by atoms with E-state index in [1.54, 1.807) is 0 Å². The van der Waals surface area contributed by atoms with Gasteiger partial charge in [-0.25, -0.2) is 0 Å². The van der Waals surface area contributed by atoms with Crippen molar-refractivity contribution in [3.05, 3.63) is 17.0 Å². The predicted octanol–water partition coefficient (Wildman–Crippen LogP) is 1.02. The van der Waals surface area contributed by atoms with E-state index < -0.39 is 0 Å². The van der Waals surface area contributed by atoms with Crippen LogP contribution >= 0.6 is 0 Å². The van der Waals surface area contributed by atoms with Crippen molar-refractivity contribution in [2.75, 3.05) is 0 Å². The molecule has 0 fully saturated rings. The number of hydrogen-bond donors (Lipinski definition) is 2. The Balaban J connectivity index is 2.47. The molecule has 1 heterocycles. The highest BCUT2D eigenvalue weighted by Crippen LogP contribution is 2.34. The molecule has 0 radical (unpaired) electrons. The van der Waals surface area contributed by atoms with Crippen LogP contribution in [-0.2, 0) is 13.0 Å². The molecule has 0 amide bonds. The Bertz CT molecular complexity index is 379. The molecule has 1 aromatic rings. The van der Waals surface area contributed by atoms with Crippen molar-refractivity contribution in [1.82, 2.24) is 10.2 Å². The number of fused-ring (bicyclic) bond motifs is 1. The molecule has 1 aliphatic rings. The number of carbonyl (C=O) groups is 1. The molecule has 0 aliphatic heterocycles. The summed E-state index contributed by atoms with van der Waals surface area (Å²) in [5, 5.41) is 6.97. The molecule has 0 saturated heterocycles. The van der Waals surface area contributed by atoms with Crippen LogP contribution in [0.3, 0.4) is 0 Å². The molecule has 76 valence electrons. The number of rotatable bonds is 1. The van der Waals surface area contributed by atoms with E-state index in [-0.39, 0.29) is 11.2 Å². The third-order valence-corrected chi connectivity index (χ3v) is 2.68. The van der Waals surface area contributed by atoms with Gasteiger partial charge in [0, 0.05) is 18.7 Å². The molecule has 14 heavy (non-hydrogen) atoms. The van der Waals surface area contributed by atoms with Gasteiger partial charge in [0.2, 0.25) is 0 Å². The van der Waals surface area contributed by atoms with E-state index in [0.717, 1.165) is 17.7 Å². The molecule has 4 nitrogen and oxygen atoms in total. The standard InChI is InChI=1S/C10H15N3O/c1-10(2)3-6-9(8(14)4-10)7(5-11)13-12-6/h3-5,11H2,1-2H3,(H,12,13). The minimum Gasteiger partial charge on any atom is -0.325 e. The number of H-pyrrole nitrogens is 1. The fourth-order valence-electron chi connectivity index (χ4n) is 2.09. The van der Waals surface area contributed by atoms with E-state index in [4.69, 9.17) is 5.73 Å². The van der Waals surface area contributed by atoms with Crippen LogP contribution in [0.15, 0.2) is 0 Å². The highest BCUT2D eigenvalue weighted by atomic mass is 16.1. The summed E-state index contributed by atoms with van der Waals surface area (Å²) < 4.78 is 0. The number of nitrogens with one attached hydrogen (secondary N) is 1. The first-order chi connectivity index (χ1) is 6.53. The van der Waals surface area contributed by atoms with Crippen LogP contribution in [0.4, 0.5) is 0 Å². The topological polar surface area (TPSA) is 71.8 Å². The van der Waals surface area contributed by atoms with Gasteiger partial charge in [0.25, 0.3) is 0 Å². The van der Waals surface area contributed by atoms with E-state index in [1.807, 2.05) is 0 Å². The summed E-state index contributed by atoms with van der Waals surface area (Å²) in [6, 6.07) is 0. The van der Waals surface area contributed by atoms with Crippen molar-refractivity contribution >= 4 is 5.78 Å². The van der Waals surface area contributed by atoms with Gasteiger partial charge in [-0.2, -0.15) is 5.10 Å². The average molecular weight is 193 g/mol. The summed E-state index contributed by atoms with van der Waals surface area (Å²) in [7, 11) is 0. The summed E-state index contributed by atoms with van der Waals surface area (Å²) in [5.74, 6) is 0.172. The van der Waals surface area contributed by atoms with Crippen molar-refractivity contribution < 1.29 is 4.79 Å². The van der Waals surface area contributed by atoms with Gasteiger partial charge >= 0.3 is 0 Å². The number of nitrogens with zero attached hydrogens (tertiary/aromatic N) is 1. The Hall–Kier alpha value is -1.16. The van der Waals surface area contributed by atoms with Crippen molar-refractivity contribution in [2.45, 2.75) is 33.2 Å². The average Bonchev–Trinajstić information content (AvgIpc) is 2.44. The predicted molar refractivity (Wildman–Crippen MR) is 52.9 cm³/mol. The molecule has 0 spiro atoms. The molecule has 2 rings (SSSR count). The van der Waals surface area contributed by atoms with Crippen LogP contribution in [-0.4, -0.2) is 16.0 Å². The van der Waals surface area contributed by atoms with Crippen molar-refractivity contribution in [3.8, 4) is 0 Å². The van der Waals surface area contributed by atoms with Crippen molar-refractivity contribution in [1.29, 1.82) is 0 Å². The zero-order chi connectivity index (χ0) is 10.3. The summed E-state index contributed by atoms with van der Waals surface area (Å²) in [6.45, 7) is 4.52. The van der Waals surface area contributed by atoms with Crippen molar-refractivity contribution in [2.24, 2.45) is 11.1 Å². The van der Waals surface area contributed by atoms with Gasteiger partial charge < -0.3 is 5.73 Å². The van der Waals surface area contributed by atoms with Gasteiger partial charge in [-0.15, -0.1) is 0 Å². The zero-order valence-electron chi connectivity index (χ0n) is 8.55. The number of hydrogen-bond acceptors (Lipinski definition) is 3. The minimum atomic E-state index is 0.0441. The highest BCUT2D eigenvalue weighted by molar-refractivity contribution is 5.99. The lowest BCUT2D eigenvalue weighted by atomic mass is 9.76. The molecule has 0 bridgehead atoms. The highest BCUT2D eigenvalue weighted by Gasteiger charge is 2.33. The number of aromatic nitrogens is 2. The van der Waals surface area contributed by atoms with Crippen LogP contribution in [0, 0.1) is 5.41 Å². The largest absolute Gasteiger partial charge is 0.325 e. The Kier molecular flexibility index (Phi) is 1.96. The zero-order valence-corrected chi connectivity index (χ0v) is 8.55. The van der Waals surface area contributed by atoms with Gasteiger partial charge in [0.05, 0.1) is 11.3 Å². The van der Waals surface area contributed by atoms with Gasteiger partial charge in [0.15, 0.2) is 5.78 Å². The van der Waals surface area contributed by atoms with Crippen LogP contribution in [0.25, 0.3) is 0 Å². The van der Waals surface area contributed by atoms with E-state index in [1.165, 1.54) is 0 Å². The third-order valence-electron chi connectivity index (χ3n) is 2.68. The summed E-state index contributed by atoms with van der Waals surface area (Å²) in [4.78, 5) is 11.8. The first-order valence-corrected chi connectivity index (χ1v) is 4.83. The summed E-state index contributed by atoms with van der Waals surface area (Å²) in [5.41, 5.74) is 7.96. The SMILES string of the molecule is CC1(C)CC(=O)c2c(CN)n[nH]c2C1. The quantitative estimate of drug-likeness (QED) is 0.699. The number of aromatic amines is 1.